The van der Waals surface area contributed by atoms with Gasteiger partial charge in [-0.1, -0.05) is 18.9 Å². The number of anilines is 2. The van der Waals surface area contributed by atoms with Gasteiger partial charge >= 0.3 is 5.97 Å². The van der Waals surface area contributed by atoms with Crippen molar-refractivity contribution in [2.24, 2.45) is 0 Å². The van der Waals surface area contributed by atoms with Gasteiger partial charge in [0.05, 0.1) is 17.9 Å². The number of carbonyl (C=O) groups excluding carboxylic acids is 2. The largest absolute Gasteiger partial charge is 0.462 e. The molecule has 7 heteroatoms. The summed E-state index contributed by atoms with van der Waals surface area (Å²) >= 11 is 2.95. The molecule has 28 heavy (non-hydrogen) atoms. The highest BCUT2D eigenvalue weighted by Gasteiger charge is 2.26. The number of esters is 1. The van der Waals surface area contributed by atoms with Gasteiger partial charge in [-0.25, -0.2) is 4.79 Å². The monoisotopic (exact) mass is 418 g/mol. The van der Waals surface area contributed by atoms with Crippen LogP contribution in [0.3, 0.4) is 0 Å². The Balaban J connectivity index is 1.76. The average molecular weight is 419 g/mol. The number of fused-ring (bicyclic) bond motifs is 1. The van der Waals surface area contributed by atoms with Crippen LogP contribution in [0.5, 0.6) is 0 Å². The summed E-state index contributed by atoms with van der Waals surface area (Å²) in [5.41, 5.74) is 8.09. The van der Waals surface area contributed by atoms with Gasteiger partial charge in [0.2, 0.25) is 5.91 Å². The van der Waals surface area contributed by atoms with Crippen molar-refractivity contribution in [3.8, 4) is 0 Å². The van der Waals surface area contributed by atoms with E-state index < -0.39 is 0 Å². The third-order valence-electron chi connectivity index (χ3n) is 4.63. The van der Waals surface area contributed by atoms with Crippen LogP contribution in [0.4, 0.5) is 10.7 Å². The highest BCUT2D eigenvalue weighted by molar-refractivity contribution is 8.00. The lowest BCUT2D eigenvalue weighted by Gasteiger charge is -2.11. The van der Waals surface area contributed by atoms with E-state index in [2.05, 4.69) is 5.32 Å². The van der Waals surface area contributed by atoms with Crippen LogP contribution >= 0.6 is 23.1 Å². The van der Waals surface area contributed by atoms with Crippen LogP contribution in [-0.2, 0) is 22.4 Å². The number of nitrogen functional groups attached to an aromatic ring is 1. The summed E-state index contributed by atoms with van der Waals surface area (Å²) in [4.78, 5) is 27.3. The van der Waals surface area contributed by atoms with Crippen molar-refractivity contribution in [3.63, 3.8) is 0 Å². The molecule has 2 aromatic rings. The molecule has 1 amide bonds. The highest BCUT2D eigenvalue weighted by atomic mass is 32.2. The summed E-state index contributed by atoms with van der Waals surface area (Å²) in [6, 6.07) is 7.46. The third-order valence-corrected chi connectivity index (χ3v) is 6.83. The van der Waals surface area contributed by atoms with Gasteiger partial charge in [0, 0.05) is 15.5 Å². The molecule has 0 saturated heterocycles. The number of carbonyl (C=O) groups is 2. The molecule has 0 bridgehead atoms. The summed E-state index contributed by atoms with van der Waals surface area (Å²) in [6.45, 7) is 2.12. The maximum atomic E-state index is 12.6. The normalized spacial score (nSPS) is 13.9. The van der Waals surface area contributed by atoms with Crippen molar-refractivity contribution in [3.05, 3.63) is 40.3 Å². The Labute approximate surface area is 174 Å². The van der Waals surface area contributed by atoms with Gasteiger partial charge in [0.25, 0.3) is 0 Å². The fourth-order valence-electron chi connectivity index (χ4n) is 3.34. The zero-order valence-electron chi connectivity index (χ0n) is 16.1. The Morgan fingerprint density at radius 2 is 2.00 bits per heavy atom. The van der Waals surface area contributed by atoms with Crippen molar-refractivity contribution >= 4 is 45.7 Å². The molecule has 1 aliphatic carbocycles. The van der Waals surface area contributed by atoms with Crippen LogP contribution in [0, 0.1) is 0 Å². The first kappa shape index (κ1) is 20.7. The van der Waals surface area contributed by atoms with E-state index in [1.165, 1.54) is 40.8 Å². The quantitative estimate of drug-likeness (QED) is 0.396. The second-order valence-electron chi connectivity index (χ2n) is 6.75. The number of benzene rings is 1. The van der Waals surface area contributed by atoms with Crippen LogP contribution in [0.25, 0.3) is 0 Å². The third kappa shape index (κ3) is 5.29. The fraction of sp³-hybridized carbons (Fsp3) is 0.429. The Hall–Kier alpha value is -1.99. The first-order valence-corrected chi connectivity index (χ1v) is 11.5. The number of nitrogens with one attached hydrogen (secondary N) is 1. The lowest BCUT2D eigenvalue weighted by molar-refractivity contribution is -0.113. The van der Waals surface area contributed by atoms with Crippen molar-refractivity contribution in [2.45, 2.75) is 50.3 Å². The van der Waals surface area contributed by atoms with E-state index in [-0.39, 0.29) is 17.6 Å². The predicted molar refractivity (Wildman–Crippen MR) is 116 cm³/mol. The van der Waals surface area contributed by atoms with Crippen molar-refractivity contribution < 1.29 is 14.3 Å². The van der Waals surface area contributed by atoms with Gasteiger partial charge in [-0.15, -0.1) is 23.1 Å². The molecule has 1 heterocycles. The zero-order valence-corrected chi connectivity index (χ0v) is 17.7. The van der Waals surface area contributed by atoms with Gasteiger partial charge in [-0.2, -0.15) is 0 Å². The van der Waals surface area contributed by atoms with E-state index >= 15 is 0 Å². The van der Waals surface area contributed by atoms with Crippen molar-refractivity contribution in [1.82, 2.24) is 0 Å². The number of thiophene rings is 1. The van der Waals surface area contributed by atoms with Gasteiger partial charge in [-0.05, 0) is 56.4 Å². The minimum absolute atomic E-state index is 0.132. The molecular formula is C21H26N2O3S2. The molecular weight excluding hydrogens is 392 g/mol. The van der Waals surface area contributed by atoms with E-state index in [0.29, 0.717) is 22.9 Å². The number of hydrogen-bond donors (Lipinski definition) is 2. The lowest BCUT2D eigenvalue weighted by atomic mass is 9.96. The van der Waals surface area contributed by atoms with E-state index in [1.54, 1.807) is 6.92 Å². The number of thioether (sulfide) groups is 1. The number of hydrogen-bond acceptors (Lipinski definition) is 6. The van der Waals surface area contributed by atoms with Gasteiger partial charge < -0.3 is 15.8 Å². The summed E-state index contributed by atoms with van der Waals surface area (Å²) in [7, 11) is 0. The Morgan fingerprint density at radius 1 is 1.21 bits per heavy atom. The number of rotatable bonds is 6. The molecule has 1 aromatic carbocycles. The van der Waals surface area contributed by atoms with Crippen molar-refractivity contribution in [1.29, 1.82) is 0 Å². The molecule has 3 rings (SSSR count). The summed E-state index contributed by atoms with van der Waals surface area (Å²) in [5.74, 6) is -0.208. The first-order valence-electron chi connectivity index (χ1n) is 9.68. The maximum absolute atomic E-state index is 12.6. The SMILES string of the molecule is CCOC(=O)c1c(NC(=O)CSc2cccc(N)c2)sc2c1CCCCCC2. The van der Waals surface area contributed by atoms with Crippen LogP contribution in [0.2, 0.25) is 0 Å². The minimum atomic E-state index is -0.334. The van der Waals surface area contributed by atoms with E-state index in [4.69, 9.17) is 10.5 Å². The topological polar surface area (TPSA) is 81.4 Å². The van der Waals surface area contributed by atoms with Gasteiger partial charge in [0.15, 0.2) is 0 Å². The standard InChI is InChI=1S/C21H26N2O3S2/c1-2-26-21(25)19-16-10-5-3-4-6-11-17(16)28-20(19)23-18(24)13-27-15-9-7-8-14(22)12-15/h7-9,12H,2-6,10-11,13,22H2,1H3,(H,23,24). The molecule has 150 valence electrons. The van der Waals surface area contributed by atoms with Gasteiger partial charge in [0.1, 0.15) is 5.00 Å². The molecule has 5 nitrogen and oxygen atoms in total. The molecule has 0 radical (unpaired) electrons. The van der Waals surface area contributed by atoms with Crippen LogP contribution in [0.1, 0.15) is 53.4 Å². The average Bonchev–Trinajstić information content (AvgIpc) is 2.96. The van der Waals surface area contributed by atoms with Crippen LogP contribution < -0.4 is 11.1 Å². The number of amides is 1. The number of nitrogens with two attached hydrogens (primary N) is 1. The Kier molecular flexibility index (Phi) is 7.39. The van der Waals surface area contributed by atoms with E-state index in [9.17, 15) is 9.59 Å². The van der Waals surface area contributed by atoms with Crippen molar-refractivity contribution in [2.75, 3.05) is 23.4 Å². The molecule has 0 unspecified atom stereocenters. The van der Waals surface area contributed by atoms with Crippen LogP contribution in [0.15, 0.2) is 29.2 Å². The van der Waals surface area contributed by atoms with Gasteiger partial charge in [-0.3, -0.25) is 4.79 Å². The molecule has 3 N–H and O–H groups in total. The van der Waals surface area contributed by atoms with E-state index in [0.717, 1.165) is 36.1 Å². The summed E-state index contributed by atoms with van der Waals surface area (Å²) < 4.78 is 5.29. The highest BCUT2D eigenvalue weighted by Crippen LogP contribution is 2.37. The summed E-state index contributed by atoms with van der Waals surface area (Å²) in [6.07, 6.45) is 6.40. The molecule has 0 atom stereocenters. The fourth-order valence-corrected chi connectivity index (χ4v) is 5.40. The minimum Gasteiger partial charge on any atom is -0.462 e. The molecule has 1 aliphatic rings. The zero-order chi connectivity index (χ0) is 19.9. The lowest BCUT2D eigenvalue weighted by Crippen LogP contribution is -2.17. The van der Waals surface area contributed by atoms with Crippen LogP contribution in [-0.4, -0.2) is 24.2 Å². The second kappa shape index (κ2) is 9.98. The smallest absolute Gasteiger partial charge is 0.341 e. The second-order valence-corrected chi connectivity index (χ2v) is 8.91. The molecule has 0 aliphatic heterocycles. The number of ether oxygens (including phenoxy) is 1. The Morgan fingerprint density at radius 3 is 2.75 bits per heavy atom. The Bertz CT molecular complexity index is 848. The molecule has 0 saturated carbocycles. The molecule has 0 fully saturated rings. The molecule has 0 spiro atoms. The predicted octanol–water partition coefficient (Wildman–Crippen LogP) is 4.90. The number of aryl methyl sites for hydroxylation is 1. The summed E-state index contributed by atoms with van der Waals surface area (Å²) in [5, 5.41) is 3.59. The van der Waals surface area contributed by atoms with E-state index in [1.807, 2.05) is 24.3 Å². The maximum Gasteiger partial charge on any atom is 0.341 e. The molecule has 1 aromatic heterocycles. The first-order chi connectivity index (χ1) is 13.6.